The second-order valence-electron chi connectivity index (χ2n) is 5.18. The number of rotatable bonds is 4. The number of benzene rings is 1. The van der Waals surface area contributed by atoms with Gasteiger partial charge >= 0.3 is 0 Å². The molecule has 0 bridgehead atoms. The Labute approximate surface area is 115 Å². The number of hydrogen-bond acceptors (Lipinski definition) is 3. The van der Waals surface area contributed by atoms with Crippen molar-refractivity contribution in [3.63, 3.8) is 0 Å². The Bertz CT molecular complexity index is 535. The van der Waals surface area contributed by atoms with Gasteiger partial charge in [-0.25, -0.2) is 9.97 Å². The Morgan fingerprint density at radius 1 is 1.00 bits per heavy atom. The topological polar surface area (TPSA) is 37.8 Å². The summed E-state index contributed by atoms with van der Waals surface area (Å²) in [6.45, 7) is 8.37. The lowest BCUT2D eigenvalue weighted by atomic mass is 10.1. The van der Waals surface area contributed by atoms with Crippen LogP contribution in [-0.2, 0) is 0 Å². The number of aromatic nitrogens is 2. The fraction of sp³-hybridized carbons (Fsp3) is 0.375. The van der Waals surface area contributed by atoms with Crippen LogP contribution in [0.1, 0.15) is 49.8 Å². The summed E-state index contributed by atoms with van der Waals surface area (Å²) in [4.78, 5) is 9.04. The minimum absolute atomic E-state index is 0.232. The number of nitrogens with one attached hydrogen (secondary N) is 1. The van der Waals surface area contributed by atoms with Crippen LogP contribution in [0.15, 0.2) is 36.4 Å². The average molecular weight is 255 g/mol. The molecule has 0 aliphatic heterocycles. The predicted octanol–water partition coefficient (Wildman–Crippen LogP) is 4.08. The lowest BCUT2D eigenvalue weighted by Gasteiger charge is -2.16. The third-order valence-electron chi connectivity index (χ3n) is 3.05. The van der Waals surface area contributed by atoms with Crippen molar-refractivity contribution in [2.45, 2.75) is 39.7 Å². The second kappa shape index (κ2) is 5.83. The van der Waals surface area contributed by atoms with Gasteiger partial charge in [0.2, 0.25) is 0 Å². The maximum absolute atomic E-state index is 4.58. The monoisotopic (exact) mass is 255 g/mol. The largest absolute Gasteiger partial charge is 0.363 e. The first-order valence-electron chi connectivity index (χ1n) is 6.73. The molecule has 2 rings (SSSR count). The molecular formula is C16H21N3. The molecule has 1 atom stereocenters. The molecule has 2 aromatic rings. The Morgan fingerprint density at radius 2 is 1.68 bits per heavy atom. The number of hydrogen-bond donors (Lipinski definition) is 1. The lowest BCUT2D eigenvalue weighted by molar-refractivity contribution is 0.761. The fourth-order valence-electron chi connectivity index (χ4n) is 1.97. The average Bonchev–Trinajstić information content (AvgIpc) is 2.39. The summed E-state index contributed by atoms with van der Waals surface area (Å²) >= 11 is 0. The molecule has 3 nitrogen and oxygen atoms in total. The van der Waals surface area contributed by atoms with E-state index in [1.807, 2.05) is 19.1 Å². The van der Waals surface area contributed by atoms with E-state index in [1.54, 1.807) is 0 Å². The molecule has 100 valence electrons. The number of anilines is 1. The minimum Gasteiger partial charge on any atom is -0.363 e. The van der Waals surface area contributed by atoms with E-state index < -0.39 is 0 Å². The molecule has 3 heteroatoms. The summed E-state index contributed by atoms with van der Waals surface area (Å²) in [5.74, 6) is 2.13. The molecule has 19 heavy (non-hydrogen) atoms. The van der Waals surface area contributed by atoms with E-state index in [0.29, 0.717) is 5.92 Å². The van der Waals surface area contributed by atoms with Gasteiger partial charge < -0.3 is 5.32 Å². The van der Waals surface area contributed by atoms with Crippen molar-refractivity contribution in [2.24, 2.45) is 0 Å². The fourth-order valence-corrected chi connectivity index (χ4v) is 1.97. The van der Waals surface area contributed by atoms with Gasteiger partial charge in [-0.05, 0) is 19.4 Å². The van der Waals surface area contributed by atoms with Crippen LogP contribution in [0, 0.1) is 6.92 Å². The first-order chi connectivity index (χ1) is 9.06. The molecular weight excluding hydrogens is 234 g/mol. The zero-order valence-corrected chi connectivity index (χ0v) is 12.0. The van der Waals surface area contributed by atoms with Crippen LogP contribution < -0.4 is 5.32 Å². The van der Waals surface area contributed by atoms with Crippen LogP contribution in [-0.4, -0.2) is 9.97 Å². The van der Waals surface area contributed by atoms with Gasteiger partial charge in [0.05, 0.1) is 0 Å². The summed E-state index contributed by atoms with van der Waals surface area (Å²) in [7, 11) is 0. The molecule has 1 aromatic carbocycles. The minimum atomic E-state index is 0.232. The molecule has 0 radical (unpaired) electrons. The summed E-state index contributed by atoms with van der Waals surface area (Å²) in [5, 5.41) is 3.44. The zero-order chi connectivity index (χ0) is 13.8. The zero-order valence-electron chi connectivity index (χ0n) is 12.0. The Kier molecular flexibility index (Phi) is 4.15. The molecule has 1 N–H and O–H groups in total. The molecule has 0 aliphatic carbocycles. The second-order valence-corrected chi connectivity index (χ2v) is 5.18. The third-order valence-corrected chi connectivity index (χ3v) is 3.05. The van der Waals surface area contributed by atoms with Crippen LogP contribution in [0.25, 0.3) is 0 Å². The molecule has 1 heterocycles. The van der Waals surface area contributed by atoms with Gasteiger partial charge in [0.1, 0.15) is 11.6 Å². The van der Waals surface area contributed by atoms with E-state index in [-0.39, 0.29) is 6.04 Å². The highest BCUT2D eigenvalue weighted by molar-refractivity contribution is 5.39. The standard InChI is InChI=1S/C16H21N3/c1-11(2)16-17-12(3)10-15(19-16)18-13(4)14-8-6-5-7-9-14/h5-11,13H,1-4H3,(H,17,18,19). The van der Waals surface area contributed by atoms with E-state index in [4.69, 9.17) is 0 Å². The van der Waals surface area contributed by atoms with Gasteiger partial charge in [0, 0.05) is 23.7 Å². The molecule has 0 saturated carbocycles. The van der Waals surface area contributed by atoms with E-state index in [2.05, 4.69) is 60.3 Å². The van der Waals surface area contributed by atoms with Crippen LogP contribution in [0.2, 0.25) is 0 Å². The van der Waals surface area contributed by atoms with Gasteiger partial charge in [-0.1, -0.05) is 44.2 Å². The highest BCUT2D eigenvalue weighted by atomic mass is 15.0. The van der Waals surface area contributed by atoms with Crippen molar-refractivity contribution in [1.82, 2.24) is 9.97 Å². The lowest BCUT2D eigenvalue weighted by Crippen LogP contribution is -2.10. The summed E-state index contributed by atoms with van der Waals surface area (Å²) in [6, 6.07) is 12.6. The quantitative estimate of drug-likeness (QED) is 0.894. The van der Waals surface area contributed by atoms with Gasteiger partial charge in [0.15, 0.2) is 0 Å². The van der Waals surface area contributed by atoms with Crippen LogP contribution >= 0.6 is 0 Å². The number of nitrogens with zero attached hydrogens (tertiary/aromatic N) is 2. The van der Waals surface area contributed by atoms with E-state index in [1.165, 1.54) is 5.56 Å². The first kappa shape index (κ1) is 13.5. The van der Waals surface area contributed by atoms with Crippen LogP contribution in [0.4, 0.5) is 5.82 Å². The van der Waals surface area contributed by atoms with Crippen molar-refractivity contribution in [3.8, 4) is 0 Å². The third kappa shape index (κ3) is 3.53. The smallest absolute Gasteiger partial charge is 0.133 e. The van der Waals surface area contributed by atoms with Crippen molar-refractivity contribution >= 4 is 5.82 Å². The maximum atomic E-state index is 4.58. The predicted molar refractivity (Wildman–Crippen MR) is 79.3 cm³/mol. The molecule has 0 amide bonds. The highest BCUT2D eigenvalue weighted by Crippen LogP contribution is 2.19. The first-order valence-corrected chi connectivity index (χ1v) is 6.73. The van der Waals surface area contributed by atoms with Crippen molar-refractivity contribution in [3.05, 3.63) is 53.5 Å². The van der Waals surface area contributed by atoms with Crippen LogP contribution in [0.5, 0.6) is 0 Å². The van der Waals surface area contributed by atoms with E-state index in [9.17, 15) is 0 Å². The van der Waals surface area contributed by atoms with E-state index in [0.717, 1.165) is 17.3 Å². The normalized spacial score (nSPS) is 12.5. The Hall–Kier alpha value is -1.90. The van der Waals surface area contributed by atoms with Gasteiger partial charge in [0.25, 0.3) is 0 Å². The SMILES string of the molecule is Cc1cc(NC(C)c2ccccc2)nc(C(C)C)n1. The van der Waals surface area contributed by atoms with Crippen LogP contribution in [0.3, 0.4) is 0 Å². The highest BCUT2D eigenvalue weighted by Gasteiger charge is 2.09. The summed E-state index contributed by atoms with van der Waals surface area (Å²) < 4.78 is 0. The van der Waals surface area contributed by atoms with Crippen molar-refractivity contribution in [2.75, 3.05) is 5.32 Å². The Morgan fingerprint density at radius 3 is 2.32 bits per heavy atom. The molecule has 0 aliphatic rings. The van der Waals surface area contributed by atoms with Gasteiger partial charge in [-0.3, -0.25) is 0 Å². The van der Waals surface area contributed by atoms with Crippen molar-refractivity contribution < 1.29 is 0 Å². The van der Waals surface area contributed by atoms with Gasteiger partial charge in [-0.15, -0.1) is 0 Å². The number of aryl methyl sites for hydroxylation is 1. The van der Waals surface area contributed by atoms with Gasteiger partial charge in [-0.2, -0.15) is 0 Å². The molecule has 0 spiro atoms. The molecule has 1 aromatic heterocycles. The van der Waals surface area contributed by atoms with Crippen molar-refractivity contribution in [1.29, 1.82) is 0 Å². The molecule has 0 saturated heterocycles. The summed E-state index contributed by atoms with van der Waals surface area (Å²) in [6.07, 6.45) is 0. The molecule has 1 unspecified atom stereocenters. The Balaban J connectivity index is 2.19. The maximum Gasteiger partial charge on any atom is 0.133 e. The van der Waals surface area contributed by atoms with E-state index >= 15 is 0 Å². The molecule has 0 fully saturated rings. The summed E-state index contributed by atoms with van der Waals surface area (Å²) in [5.41, 5.74) is 2.26.